The fraction of sp³-hybridized carbons (Fsp3) is 0.357. The van der Waals surface area contributed by atoms with Gasteiger partial charge < -0.3 is 4.74 Å². The minimum Gasteiger partial charge on any atom is -0.469 e. The van der Waals surface area contributed by atoms with E-state index in [4.69, 9.17) is 4.74 Å². The lowest BCUT2D eigenvalue weighted by atomic mass is 10.1. The molecule has 1 aliphatic rings. The summed E-state index contributed by atoms with van der Waals surface area (Å²) < 4.78 is 4.77. The van der Waals surface area contributed by atoms with Crippen molar-refractivity contribution in [2.75, 3.05) is 7.11 Å². The van der Waals surface area contributed by atoms with Gasteiger partial charge in [0.15, 0.2) is 0 Å². The second-order valence-corrected chi connectivity index (χ2v) is 4.18. The highest BCUT2D eigenvalue weighted by Gasteiger charge is 2.26. The van der Waals surface area contributed by atoms with Crippen LogP contribution in [0, 0.1) is 5.92 Å². The van der Waals surface area contributed by atoms with E-state index < -0.39 is 0 Å². The summed E-state index contributed by atoms with van der Waals surface area (Å²) in [7, 11) is 1.46. The van der Waals surface area contributed by atoms with Gasteiger partial charge in [0, 0.05) is 0 Å². The molecule has 16 heavy (non-hydrogen) atoms. The van der Waals surface area contributed by atoms with Crippen molar-refractivity contribution in [3.05, 3.63) is 41.5 Å². The van der Waals surface area contributed by atoms with Crippen LogP contribution < -0.4 is 0 Å². The van der Waals surface area contributed by atoms with Crippen LogP contribution in [0.1, 0.15) is 24.8 Å². The number of hydrogen-bond acceptors (Lipinski definition) is 2. The third kappa shape index (κ3) is 2.51. The quantitative estimate of drug-likeness (QED) is 0.710. The van der Waals surface area contributed by atoms with Crippen molar-refractivity contribution >= 4 is 12.0 Å². The summed E-state index contributed by atoms with van der Waals surface area (Å²) in [5.41, 5.74) is 2.56. The molecule has 0 radical (unpaired) electrons. The fourth-order valence-electron chi connectivity index (χ4n) is 2.16. The molecule has 2 heteroatoms. The maximum absolute atomic E-state index is 11.4. The number of methoxy groups -OCH3 is 1. The molecule has 0 heterocycles. The zero-order valence-electron chi connectivity index (χ0n) is 9.48. The number of esters is 1. The van der Waals surface area contributed by atoms with Gasteiger partial charge in [-0.3, -0.25) is 4.79 Å². The molecule has 1 saturated carbocycles. The van der Waals surface area contributed by atoms with E-state index in [1.807, 2.05) is 18.2 Å². The molecule has 2 nitrogen and oxygen atoms in total. The first-order valence-corrected chi connectivity index (χ1v) is 5.62. The molecule has 0 spiro atoms. The van der Waals surface area contributed by atoms with Gasteiger partial charge in [-0.1, -0.05) is 42.0 Å². The summed E-state index contributed by atoms with van der Waals surface area (Å²) in [6.45, 7) is 0. The Balaban J connectivity index is 2.04. The standard InChI is InChI=1S/C14H16O2/c1-16-14(15)13-8-7-12(10-13)9-11-5-3-2-4-6-11/h2-6,9,13H,7-8,10H2,1H3. The Morgan fingerprint density at radius 3 is 2.81 bits per heavy atom. The Morgan fingerprint density at radius 2 is 2.12 bits per heavy atom. The first-order valence-electron chi connectivity index (χ1n) is 5.62. The van der Waals surface area contributed by atoms with Crippen LogP contribution in [0.4, 0.5) is 0 Å². The second kappa shape index (κ2) is 4.97. The highest BCUT2D eigenvalue weighted by atomic mass is 16.5. The van der Waals surface area contributed by atoms with E-state index in [9.17, 15) is 4.79 Å². The first-order chi connectivity index (χ1) is 7.79. The molecule has 84 valence electrons. The lowest BCUT2D eigenvalue weighted by Gasteiger charge is -2.04. The zero-order valence-corrected chi connectivity index (χ0v) is 9.48. The molecule has 0 bridgehead atoms. The smallest absolute Gasteiger partial charge is 0.308 e. The Kier molecular flexibility index (Phi) is 3.40. The number of hydrogen-bond donors (Lipinski definition) is 0. The van der Waals surface area contributed by atoms with Crippen LogP contribution in [0.3, 0.4) is 0 Å². The number of ether oxygens (including phenoxy) is 1. The summed E-state index contributed by atoms with van der Waals surface area (Å²) >= 11 is 0. The van der Waals surface area contributed by atoms with Crippen molar-refractivity contribution in [2.24, 2.45) is 5.92 Å². The van der Waals surface area contributed by atoms with Crippen molar-refractivity contribution in [3.8, 4) is 0 Å². The molecular weight excluding hydrogens is 200 g/mol. The number of allylic oxidation sites excluding steroid dienone is 1. The molecule has 0 aromatic heterocycles. The lowest BCUT2D eigenvalue weighted by Crippen LogP contribution is -2.11. The van der Waals surface area contributed by atoms with Gasteiger partial charge in [0.25, 0.3) is 0 Å². The van der Waals surface area contributed by atoms with Crippen LogP contribution in [0.15, 0.2) is 35.9 Å². The van der Waals surface area contributed by atoms with E-state index in [0.717, 1.165) is 19.3 Å². The molecule has 1 aromatic rings. The number of carbonyl (C=O) groups excluding carboxylic acids is 1. The van der Waals surface area contributed by atoms with Crippen LogP contribution in [-0.2, 0) is 9.53 Å². The molecule has 1 aliphatic carbocycles. The van der Waals surface area contributed by atoms with Crippen LogP contribution >= 0.6 is 0 Å². The second-order valence-electron chi connectivity index (χ2n) is 4.18. The number of rotatable bonds is 2. The minimum absolute atomic E-state index is 0.0694. The van der Waals surface area contributed by atoms with Crippen molar-refractivity contribution in [3.63, 3.8) is 0 Å². The van der Waals surface area contributed by atoms with Crippen LogP contribution in [0.5, 0.6) is 0 Å². The predicted molar refractivity (Wildman–Crippen MR) is 63.8 cm³/mol. The minimum atomic E-state index is -0.0727. The fourth-order valence-corrected chi connectivity index (χ4v) is 2.16. The van der Waals surface area contributed by atoms with Crippen molar-refractivity contribution in [1.29, 1.82) is 0 Å². The number of carbonyl (C=O) groups is 1. The van der Waals surface area contributed by atoms with E-state index >= 15 is 0 Å². The van der Waals surface area contributed by atoms with Crippen molar-refractivity contribution in [2.45, 2.75) is 19.3 Å². The molecule has 2 rings (SSSR count). The monoisotopic (exact) mass is 216 g/mol. The van der Waals surface area contributed by atoms with Crippen LogP contribution in [-0.4, -0.2) is 13.1 Å². The molecule has 0 N–H and O–H groups in total. The molecule has 1 fully saturated rings. The lowest BCUT2D eigenvalue weighted by molar-refractivity contribution is -0.145. The average Bonchev–Trinajstić information content (AvgIpc) is 2.78. The maximum atomic E-state index is 11.4. The molecule has 1 unspecified atom stereocenters. The number of benzene rings is 1. The van der Waals surface area contributed by atoms with Gasteiger partial charge >= 0.3 is 5.97 Å². The van der Waals surface area contributed by atoms with Crippen molar-refractivity contribution in [1.82, 2.24) is 0 Å². The van der Waals surface area contributed by atoms with Gasteiger partial charge in [0.05, 0.1) is 13.0 Å². The molecule has 0 aliphatic heterocycles. The summed E-state index contributed by atoms with van der Waals surface area (Å²) in [4.78, 5) is 11.4. The molecular formula is C14H16O2. The van der Waals surface area contributed by atoms with E-state index in [0.29, 0.717) is 0 Å². The maximum Gasteiger partial charge on any atom is 0.308 e. The predicted octanol–water partition coefficient (Wildman–Crippen LogP) is 3.04. The summed E-state index contributed by atoms with van der Waals surface area (Å²) in [5, 5.41) is 0. The zero-order chi connectivity index (χ0) is 11.4. The SMILES string of the molecule is COC(=O)C1CCC(=Cc2ccccc2)C1. The van der Waals surface area contributed by atoms with Crippen molar-refractivity contribution < 1.29 is 9.53 Å². The highest BCUT2D eigenvalue weighted by Crippen LogP contribution is 2.32. The molecule has 1 atom stereocenters. The van der Waals surface area contributed by atoms with Crippen LogP contribution in [0.2, 0.25) is 0 Å². The first kappa shape index (κ1) is 10.9. The Labute approximate surface area is 95.9 Å². The average molecular weight is 216 g/mol. The summed E-state index contributed by atoms with van der Waals surface area (Å²) in [5.74, 6) is -0.00331. The normalized spacial score (nSPS) is 22.3. The van der Waals surface area contributed by atoms with Crippen LogP contribution in [0.25, 0.3) is 6.08 Å². The third-order valence-electron chi connectivity index (χ3n) is 3.03. The summed E-state index contributed by atoms with van der Waals surface area (Å²) in [6.07, 6.45) is 4.96. The van der Waals surface area contributed by atoms with Gasteiger partial charge in [0.2, 0.25) is 0 Å². The van der Waals surface area contributed by atoms with E-state index in [2.05, 4.69) is 18.2 Å². The van der Waals surface area contributed by atoms with E-state index in [-0.39, 0.29) is 11.9 Å². The highest BCUT2D eigenvalue weighted by molar-refractivity contribution is 5.74. The molecule has 0 saturated heterocycles. The third-order valence-corrected chi connectivity index (χ3v) is 3.03. The van der Waals surface area contributed by atoms with Gasteiger partial charge in [-0.2, -0.15) is 0 Å². The Bertz CT molecular complexity index is 392. The van der Waals surface area contributed by atoms with Gasteiger partial charge in [0.1, 0.15) is 0 Å². The topological polar surface area (TPSA) is 26.3 Å². The summed E-state index contributed by atoms with van der Waals surface area (Å²) in [6, 6.07) is 10.2. The van der Waals surface area contributed by atoms with Gasteiger partial charge in [-0.25, -0.2) is 0 Å². The Hall–Kier alpha value is -1.57. The van der Waals surface area contributed by atoms with Gasteiger partial charge in [-0.05, 0) is 24.8 Å². The van der Waals surface area contributed by atoms with E-state index in [1.165, 1.54) is 18.2 Å². The molecule has 0 amide bonds. The van der Waals surface area contributed by atoms with E-state index in [1.54, 1.807) is 0 Å². The largest absolute Gasteiger partial charge is 0.469 e. The Morgan fingerprint density at radius 1 is 1.38 bits per heavy atom. The van der Waals surface area contributed by atoms with Gasteiger partial charge in [-0.15, -0.1) is 0 Å². The molecule has 1 aromatic carbocycles.